The van der Waals surface area contributed by atoms with Crippen molar-refractivity contribution in [1.29, 1.82) is 0 Å². The van der Waals surface area contributed by atoms with Gasteiger partial charge in [-0.1, -0.05) is 23.9 Å². The van der Waals surface area contributed by atoms with E-state index in [2.05, 4.69) is 15.0 Å². The van der Waals surface area contributed by atoms with E-state index in [4.69, 9.17) is 9.47 Å². The van der Waals surface area contributed by atoms with Crippen LogP contribution in [0, 0.1) is 0 Å². The predicted octanol–water partition coefficient (Wildman–Crippen LogP) is 2.54. The molecule has 0 aliphatic carbocycles. The lowest BCUT2D eigenvalue weighted by molar-refractivity contribution is -0.0299. The summed E-state index contributed by atoms with van der Waals surface area (Å²) < 4.78 is 13.1. The van der Waals surface area contributed by atoms with Gasteiger partial charge in [0, 0.05) is 5.75 Å². The number of aliphatic hydroxyl groups excluding tert-OH is 2. The van der Waals surface area contributed by atoms with E-state index in [9.17, 15) is 10.2 Å². The fourth-order valence-electron chi connectivity index (χ4n) is 3.31. The third kappa shape index (κ3) is 4.09. The molecule has 154 valence electrons. The number of thioether (sulfide) groups is 1. The van der Waals surface area contributed by atoms with E-state index in [-0.39, 0.29) is 6.10 Å². The van der Waals surface area contributed by atoms with E-state index in [1.54, 1.807) is 29.6 Å². The minimum absolute atomic E-state index is 0.123. The molecular formula is C20H24N4O4S. The lowest BCUT2D eigenvalue weighted by Crippen LogP contribution is -2.30. The molecule has 1 saturated heterocycles. The van der Waals surface area contributed by atoms with Crippen molar-refractivity contribution in [3.8, 4) is 5.75 Å². The first kappa shape index (κ1) is 20.1. The van der Waals surface area contributed by atoms with Crippen molar-refractivity contribution in [2.24, 2.45) is 0 Å². The highest BCUT2D eigenvalue weighted by Crippen LogP contribution is 2.33. The molecule has 3 heterocycles. The highest BCUT2D eigenvalue weighted by Gasteiger charge is 2.42. The molecule has 0 unspecified atom stereocenters. The maximum atomic E-state index is 10.3. The van der Waals surface area contributed by atoms with Crippen molar-refractivity contribution in [1.82, 2.24) is 19.5 Å². The van der Waals surface area contributed by atoms with Crippen LogP contribution in [0.1, 0.15) is 32.6 Å². The maximum Gasteiger partial charge on any atom is 0.166 e. The summed E-state index contributed by atoms with van der Waals surface area (Å²) in [5.74, 6) is 1.54. The molecular weight excluding hydrogens is 392 g/mol. The van der Waals surface area contributed by atoms with Gasteiger partial charge in [-0.25, -0.2) is 15.0 Å². The van der Waals surface area contributed by atoms with Gasteiger partial charge in [0.2, 0.25) is 0 Å². The van der Waals surface area contributed by atoms with Crippen LogP contribution in [-0.4, -0.2) is 54.1 Å². The molecule has 0 spiro atoms. The van der Waals surface area contributed by atoms with E-state index in [1.807, 2.05) is 38.1 Å². The highest BCUT2D eigenvalue weighted by atomic mass is 32.2. The van der Waals surface area contributed by atoms with Crippen molar-refractivity contribution < 1.29 is 19.7 Å². The van der Waals surface area contributed by atoms with Gasteiger partial charge in [-0.2, -0.15) is 0 Å². The summed E-state index contributed by atoms with van der Waals surface area (Å²) in [6.45, 7) is 5.72. The van der Waals surface area contributed by atoms with Gasteiger partial charge in [-0.15, -0.1) is 0 Å². The van der Waals surface area contributed by atoms with Gasteiger partial charge in [-0.3, -0.25) is 4.57 Å². The van der Waals surface area contributed by atoms with E-state index < -0.39 is 24.5 Å². The zero-order valence-electron chi connectivity index (χ0n) is 16.5. The van der Waals surface area contributed by atoms with Gasteiger partial charge in [-0.05, 0) is 38.5 Å². The Labute approximate surface area is 172 Å². The van der Waals surface area contributed by atoms with Crippen molar-refractivity contribution in [3.05, 3.63) is 42.5 Å². The normalized spacial score (nSPS) is 24.5. The molecule has 1 aliphatic rings. The number of rotatable bonds is 6. The van der Waals surface area contributed by atoms with Crippen molar-refractivity contribution in [2.45, 2.75) is 62.2 Å². The maximum absolute atomic E-state index is 10.3. The Bertz CT molecular complexity index is 996. The summed E-state index contributed by atoms with van der Waals surface area (Å²) in [6, 6.07) is 7.99. The van der Waals surface area contributed by atoms with Crippen molar-refractivity contribution >= 4 is 22.9 Å². The van der Waals surface area contributed by atoms with Gasteiger partial charge in [0.05, 0.1) is 18.5 Å². The minimum atomic E-state index is -1.04. The molecule has 4 rings (SSSR count). The lowest BCUT2D eigenvalue weighted by atomic mass is 10.1. The highest BCUT2D eigenvalue weighted by molar-refractivity contribution is 7.98. The molecule has 2 N–H and O–H groups in total. The number of imidazole rings is 1. The number of hydrogen-bond donors (Lipinski definition) is 2. The Morgan fingerprint density at radius 2 is 2.03 bits per heavy atom. The van der Waals surface area contributed by atoms with Crippen LogP contribution in [0.2, 0.25) is 0 Å². The fraction of sp³-hybridized carbons (Fsp3) is 0.450. The third-order valence-electron chi connectivity index (χ3n) is 4.72. The summed E-state index contributed by atoms with van der Waals surface area (Å²) in [5, 5.41) is 21.0. The minimum Gasteiger partial charge on any atom is -0.491 e. The number of hydrogen-bond acceptors (Lipinski definition) is 8. The molecule has 0 radical (unpaired) electrons. The van der Waals surface area contributed by atoms with E-state index in [0.29, 0.717) is 16.9 Å². The molecule has 1 fully saturated rings. The van der Waals surface area contributed by atoms with E-state index in [1.165, 1.54) is 6.33 Å². The van der Waals surface area contributed by atoms with Crippen LogP contribution in [0.25, 0.3) is 11.2 Å². The number of fused-ring (bicyclic) bond motifs is 1. The Kier molecular flexibility index (Phi) is 5.73. The summed E-state index contributed by atoms with van der Waals surface area (Å²) in [5.41, 5.74) is 2.31. The fourth-order valence-corrected chi connectivity index (χ4v) is 4.20. The monoisotopic (exact) mass is 416 g/mol. The molecule has 1 aliphatic heterocycles. The number of ether oxygens (including phenoxy) is 2. The molecule has 3 aromatic rings. The number of aromatic nitrogens is 4. The molecule has 9 heteroatoms. The summed E-state index contributed by atoms with van der Waals surface area (Å²) in [4.78, 5) is 13.1. The van der Waals surface area contributed by atoms with Crippen LogP contribution in [0.4, 0.5) is 0 Å². The smallest absolute Gasteiger partial charge is 0.166 e. The molecule has 0 amide bonds. The van der Waals surface area contributed by atoms with Gasteiger partial charge < -0.3 is 19.7 Å². The van der Waals surface area contributed by atoms with Crippen LogP contribution in [0.3, 0.4) is 0 Å². The second-order valence-electron chi connectivity index (χ2n) is 7.32. The summed E-state index contributed by atoms with van der Waals surface area (Å²) >= 11 is 1.55. The van der Waals surface area contributed by atoms with Gasteiger partial charge in [0.15, 0.2) is 11.9 Å². The average molecular weight is 417 g/mol. The van der Waals surface area contributed by atoms with Crippen molar-refractivity contribution in [2.75, 3.05) is 0 Å². The molecule has 8 nitrogen and oxygen atoms in total. The number of aliphatic hydroxyl groups is 2. The zero-order chi connectivity index (χ0) is 20.5. The molecule has 0 saturated carbocycles. The first-order chi connectivity index (χ1) is 13.9. The van der Waals surface area contributed by atoms with Crippen LogP contribution < -0.4 is 4.74 Å². The molecule has 1 aromatic carbocycles. The summed E-state index contributed by atoms with van der Waals surface area (Å²) in [6.07, 6.45) is -0.0314. The van der Waals surface area contributed by atoms with Crippen LogP contribution >= 0.6 is 11.8 Å². The standard InChI is InChI=1S/C20H24N4O4S/c1-11(2)27-14-6-4-5-13(7-14)8-29-19-15-18(21-9-22-19)24(10-23-15)20-17(26)16(25)12(3)28-20/h4-7,9-12,16-17,20,25-26H,8H2,1-3H3/t12-,16-,17-,20-/m1/s1. The third-order valence-corrected chi connectivity index (χ3v) is 5.77. The molecule has 29 heavy (non-hydrogen) atoms. The lowest BCUT2D eigenvalue weighted by Gasteiger charge is -2.16. The van der Waals surface area contributed by atoms with Gasteiger partial charge in [0.25, 0.3) is 0 Å². The van der Waals surface area contributed by atoms with Gasteiger partial charge >= 0.3 is 0 Å². The molecule has 2 aromatic heterocycles. The average Bonchev–Trinajstić information content (AvgIpc) is 3.23. The SMILES string of the molecule is CC(C)Oc1cccc(CSc2ncnc3c2ncn3[C@@H]2O[C@H](C)[C@@H](O)[C@H]2O)c1. The summed E-state index contributed by atoms with van der Waals surface area (Å²) in [7, 11) is 0. The van der Waals surface area contributed by atoms with Crippen LogP contribution in [-0.2, 0) is 10.5 Å². The Morgan fingerprint density at radius 3 is 2.76 bits per heavy atom. The molecule has 0 bridgehead atoms. The Hall–Kier alpha value is -2.20. The largest absolute Gasteiger partial charge is 0.491 e. The van der Waals surface area contributed by atoms with E-state index in [0.717, 1.165) is 16.3 Å². The number of benzene rings is 1. The van der Waals surface area contributed by atoms with Crippen LogP contribution in [0.5, 0.6) is 5.75 Å². The number of nitrogens with zero attached hydrogens (tertiary/aromatic N) is 4. The predicted molar refractivity (Wildman–Crippen MR) is 109 cm³/mol. The quantitative estimate of drug-likeness (QED) is 0.467. The Balaban J connectivity index is 1.55. The van der Waals surface area contributed by atoms with E-state index >= 15 is 0 Å². The molecule has 4 atom stereocenters. The van der Waals surface area contributed by atoms with Crippen LogP contribution in [0.15, 0.2) is 41.9 Å². The van der Waals surface area contributed by atoms with Crippen molar-refractivity contribution in [3.63, 3.8) is 0 Å². The van der Waals surface area contributed by atoms with Gasteiger partial charge in [0.1, 0.15) is 34.8 Å². The first-order valence-corrected chi connectivity index (χ1v) is 10.5. The second-order valence-corrected chi connectivity index (χ2v) is 8.28. The zero-order valence-corrected chi connectivity index (χ0v) is 17.3. The Morgan fingerprint density at radius 1 is 1.21 bits per heavy atom. The topological polar surface area (TPSA) is 103 Å². The first-order valence-electron chi connectivity index (χ1n) is 9.51. The second kappa shape index (κ2) is 8.27.